The predicted octanol–water partition coefficient (Wildman–Crippen LogP) is 1.37. The number of rotatable bonds is 5. The first-order valence-electron chi connectivity index (χ1n) is 11.5. The minimum atomic E-state index is -0.390. The average Bonchev–Trinajstić information content (AvgIpc) is 3.26. The molecule has 8 nitrogen and oxygen atoms in total. The number of nitrogens with zero attached hydrogens (tertiary/aromatic N) is 2. The Labute approximate surface area is 183 Å². The molecule has 0 bridgehead atoms. The van der Waals surface area contributed by atoms with E-state index in [1.165, 1.54) is 19.3 Å². The fourth-order valence-electron chi connectivity index (χ4n) is 5.55. The van der Waals surface area contributed by atoms with Gasteiger partial charge in [-0.15, -0.1) is 0 Å². The molecule has 4 rings (SSSR count). The van der Waals surface area contributed by atoms with Gasteiger partial charge in [-0.25, -0.2) is 4.99 Å². The second-order valence-electron chi connectivity index (χ2n) is 9.04. The Kier molecular flexibility index (Phi) is 6.75. The van der Waals surface area contributed by atoms with Crippen LogP contribution >= 0.6 is 0 Å². The van der Waals surface area contributed by atoms with Crippen molar-refractivity contribution in [3.63, 3.8) is 0 Å². The minimum absolute atomic E-state index is 0.00202. The van der Waals surface area contributed by atoms with Crippen molar-refractivity contribution >= 4 is 23.5 Å². The molecule has 8 heteroatoms. The van der Waals surface area contributed by atoms with E-state index in [1.54, 1.807) is 6.07 Å². The van der Waals surface area contributed by atoms with Crippen molar-refractivity contribution < 1.29 is 9.59 Å². The maximum Gasteiger partial charge on any atom is 0.243 e. The van der Waals surface area contributed by atoms with Gasteiger partial charge in [-0.1, -0.05) is 31.4 Å². The fraction of sp³-hybridized carbons (Fsp3) is 0.609. The molecule has 2 amide bonds. The molecule has 1 saturated carbocycles. The Hall–Kier alpha value is -2.61. The summed E-state index contributed by atoms with van der Waals surface area (Å²) in [7, 11) is 0. The average molecular weight is 427 g/mol. The number of guanidine groups is 1. The van der Waals surface area contributed by atoms with Crippen LogP contribution in [0.2, 0.25) is 0 Å². The number of fused-ring (bicyclic) bond motifs is 1. The normalized spacial score (nSPS) is 27.9. The first-order chi connectivity index (χ1) is 15.0. The molecular formula is C23H34N6O2. The summed E-state index contributed by atoms with van der Waals surface area (Å²) in [5, 5.41) is 6.48. The standard InChI is InChI=1S/C23H34N6O2/c24-23(25)28-17-7-3-5-15(13-17)14-27-21(30)19-9-4-12-29(19)22(31)20-18-8-2-1-6-16(18)10-11-26-20/h3,5,7,13,16,18-20,26H,1-2,4,6,8-12,14H2,(H,27,30)(H4,24,25,28)/t16-,18-,19-,20+/m0/s1. The molecule has 2 saturated heterocycles. The lowest BCUT2D eigenvalue weighted by molar-refractivity contribution is -0.142. The summed E-state index contributed by atoms with van der Waals surface area (Å²) in [4.78, 5) is 32.3. The van der Waals surface area contributed by atoms with Gasteiger partial charge in [0.05, 0.1) is 11.7 Å². The second-order valence-corrected chi connectivity index (χ2v) is 9.04. The SMILES string of the molecule is NC(N)=Nc1cccc(CNC(=O)[C@@H]2CCCN2C(=O)[C@@H]2NCC[C@@H]3CCCC[C@@H]32)c1. The third-order valence-corrected chi connectivity index (χ3v) is 7.02. The number of aliphatic imine (C=N–C) groups is 1. The van der Waals surface area contributed by atoms with Gasteiger partial charge in [0.25, 0.3) is 0 Å². The van der Waals surface area contributed by atoms with Gasteiger partial charge >= 0.3 is 0 Å². The Morgan fingerprint density at radius 2 is 1.97 bits per heavy atom. The van der Waals surface area contributed by atoms with E-state index in [4.69, 9.17) is 11.5 Å². The molecular weight excluding hydrogens is 392 g/mol. The van der Waals surface area contributed by atoms with Crippen molar-refractivity contribution in [3.05, 3.63) is 29.8 Å². The van der Waals surface area contributed by atoms with Gasteiger partial charge in [0.1, 0.15) is 6.04 Å². The second kappa shape index (κ2) is 9.68. The van der Waals surface area contributed by atoms with E-state index >= 15 is 0 Å². The van der Waals surface area contributed by atoms with E-state index in [1.807, 2.05) is 23.1 Å². The summed E-state index contributed by atoms with van der Waals surface area (Å²) in [5.41, 5.74) is 12.4. The molecule has 3 aliphatic rings. The lowest BCUT2D eigenvalue weighted by Crippen LogP contribution is -2.58. The first kappa shape index (κ1) is 21.6. The summed E-state index contributed by atoms with van der Waals surface area (Å²) in [6.07, 6.45) is 7.58. The maximum absolute atomic E-state index is 13.4. The molecule has 31 heavy (non-hydrogen) atoms. The quantitative estimate of drug-likeness (QED) is 0.418. The number of benzene rings is 1. The monoisotopic (exact) mass is 426 g/mol. The molecule has 2 aliphatic heterocycles. The number of hydrogen-bond acceptors (Lipinski definition) is 4. The Balaban J connectivity index is 1.38. The van der Waals surface area contributed by atoms with Crippen LogP contribution in [-0.4, -0.2) is 47.8 Å². The maximum atomic E-state index is 13.4. The topological polar surface area (TPSA) is 126 Å². The Morgan fingerprint density at radius 1 is 1.13 bits per heavy atom. The zero-order valence-corrected chi connectivity index (χ0v) is 18.1. The van der Waals surface area contributed by atoms with E-state index in [-0.39, 0.29) is 29.9 Å². The molecule has 4 atom stereocenters. The van der Waals surface area contributed by atoms with Crippen LogP contribution in [0.3, 0.4) is 0 Å². The Bertz CT molecular complexity index is 835. The van der Waals surface area contributed by atoms with E-state index in [9.17, 15) is 9.59 Å². The number of carbonyl (C=O) groups is 2. The van der Waals surface area contributed by atoms with Gasteiger partial charge in [0, 0.05) is 13.1 Å². The summed E-state index contributed by atoms with van der Waals surface area (Å²) in [6, 6.07) is 6.89. The predicted molar refractivity (Wildman–Crippen MR) is 120 cm³/mol. The van der Waals surface area contributed by atoms with Crippen molar-refractivity contribution in [1.82, 2.24) is 15.5 Å². The molecule has 2 heterocycles. The highest BCUT2D eigenvalue weighted by atomic mass is 16.2. The lowest BCUT2D eigenvalue weighted by atomic mass is 9.71. The molecule has 1 aliphatic carbocycles. The van der Waals surface area contributed by atoms with E-state index < -0.39 is 0 Å². The van der Waals surface area contributed by atoms with E-state index in [0.717, 1.165) is 31.4 Å². The smallest absolute Gasteiger partial charge is 0.243 e. The van der Waals surface area contributed by atoms with Gasteiger partial charge in [-0.05, 0) is 61.8 Å². The molecule has 0 spiro atoms. The highest BCUT2D eigenvalue weighted by Gasteiger charge is 2.43. The molecule has 3 fully saturated rings. The summed E-state index contributed by atoms with van der Waals surface area (Å²) in [5.74, 6) is 1.09. The Morgan fingerprint density at radius 3 is 2.81 bits per heavy atom. The van der Waals surface area contributed by atoms with Crippen LogP contribution in [0.1, 0.15) is 50.5 Å². The van der Waals surface area contributed by atoms with Gasteiger partial charge in [0.2, 0.25) is 11.8 Å². The zero-order chi connectivity index (χ0) is 21.8. The molecule has 0 radical (unpaired) electrons. The van der Waals surface area contributed by atoms with Crippen LogP contribution in [0.4, 0.5) is 5.69 Å². The fourth-order valence-corrected chi connectivity index (χ4v) is 5.55. The van der Waals surface area contributed by atoms with E-state index in [0.29, 0.717) is 37.0 Å². The summed E-state index contributed by atoms with van der Waals surface area (Å²) < 4.78 is 0. The molecule has 1 aromatic rings. The number of carbonyl (C=O) groups excluding carboxylic acids is 2. The highest BCUT2D eigenvalue weighted by Crippen LogP contribution is 2.38. The number of amides is 2. The van der Waals surface area contributed by atoms with E-state index in [2.05, 4.69) is 15.6 Å². The molecule has 6 N–H and O–H groups in total. The minimum Gasteiger partial charge on any atom is -0.370 e. The molecule has 0 aromatic heterocycles. The third kappa shape index (κ3) is 5.01. The zero-order valence-electron chi connectivity index (χ0n) is 18.1. The van der Waals surface area contributed by atoms with Crippen LogP contribution in [-0.2, 0) is 16.1 Å². The number of piperidine rings is 1. The van der Waals surface area contributed by atoms with Crippen LogP contribution in [0.15, 0.2) is 29.3 Å². The van der Waals surface area contributed by atoms with Crippen molar-refractivity contribution in [2.45, 2.75) is 63.6 Å². The van der Waals surface area contributed by atoms with Crippen molar-refractivity contribution in [2.24, 2.45) is 28.3 Å². The van der Waals surface area contributed by atoms with Crippen molar-refractivity contribution in [2.75, 3.05) is 13.1 Å². The number of hydrogen-bond donors (Lipinski definition) is 4. The van der Waals surface area contributed by atoms with Gasteiger partial charge in [0.15, 0.2) is 5.96 Å². The van der Waals surface area contributed by atoms with Gasteiger partial charge < -0.3 is 27.0 Å². The first-order valence-corrected chi connectivity index (χ1v) is 11.5. The van der Waals surface area contributed by atoms with Gasteiger partial charge in [-0.3, -0.25) is 9.59 Å². The highest BCUT2D eigenvalue weighted by molar-refractivity contribution is 5.90. The molecule has 1 aromatic carbocycles. The van der Waals surface area contributed by atoms with Crippen LogP contribution in [0.5, 0.6) is 0 Å². The molecule has 168 valence electrons. The lowest BCUT2D eigenvalue weighted by Gasteiger charge is -2.43. The van der Waals surface area contributed by atoms with Crippen LogP contribution in [0.25, 0.3) is 0 Å². The molecule has 0 unspecified atom stereocenters. The largest absolute Gasteiger partial charge is 0.370 e. The number of likely N-dealkylation sites (tertiary alicyclic amines) is 1. The van der Waals surface area contributed by atoms with Crippen molar-refractivity contribution in [1.29, 1.82) is 0 Å². The third-order valence-electron chi connectivity index (χ3n) is 7.02. The summed E-state index contributed by atoms with van der Waals surface area (Å²) >= 11 is 0. The van der Waals surface area contributed by atoms with Crippen LogP contribution < -0.4 is 22.1 Å². The van der Waals surface area contributed by atoms with Gasteiger partial charge in [-0.2, -0.15) is 0 Å². The van der Waals surface area contributed by atoms with Crippen LogP contribution in [0, 0.1) is 11.8 Å². The number of nitrogens with two attached hydrogens (primary N) is 2. The van der Waals surface area contributed by atoms with Crippen molar-refractivity contribution in [3.8, 4) is 0 Å². The summed E-state index contributed by atoms with van der Waals surface area (Å²) in [6.45, 7) is 1.93. The number of nitrogens with one attached hydrogen (secondary N) is 2.